The van der Waals surface area contributed by atoms with Crippen LogP contribution in [0.3, 0.4) is 0 Å². The van der Waals surface area contributed by atoms with Crippen molar-refractivity contribution in [3.63, 3.8) is 0 Å². The third-order valence-electron chi connectivity index (χ3n) is 3.03. The molecule has 0 aliphatic rings. The highest BCUT2D eigenvalue weighted by Gasteiger charge is 2.34. The van der Waals surface area contributed by atoms with Crippen molar-refractivity contribution in [2.45, 2.75) is 13.0 Å². The van der Waals surface area contributed by atoms with Crippen molar-refractivity contribution < 1.29 is 19.1 Å². The van der Waals surface area contributed by atoms with E-state index in [-0.39, 0.29) is 0 Å². The molecule has 6 nitrogen and oxygen atoms in total. The molecule has 1 N–H and O–H groups in total. The molecule has 0 radical (unpaired) electrons. The van der Waals surface area contributed by atoms with E-state index in [1.54, 1.807) is 12.1 Å². The summed E-state index contributed by atoms with van der Waals surface area (Å²) >= 11 is 2.17. The lowest BCUT2D eigenvalue weighted by Crippen LogP contribution is -2.51. The molecule has 1 aromatic rings. The minimum atomic E-state index is -1.31. The molecule has 0 fully saturated rings. The summed E-state index contributed by atoms with van der Waals surface area (Å²) in [5.74, 6) is -1.80. The molecule has 0 bridgehead atoms. The van der Waals surface area contributed by atoms with E-state index in [0.717, 1.165) is 14.0 Å². The Morgan fingerprint density at radius 1 is 1.33 bits per heavy atom. The molecule has 114 valence electrons. The van der Waals surface area contributed by atoms with Crippen LogP contribution in [-0.2, 0) is 14.3 Å². The van der Waals surface area contributed by atoms with Gasteiger partial charge in [-0.05, 0) is 53.3 Å². The third kappa shape index (κ3) is 3.93. The van der Waals surface area contributed by atoms with Crippen LogP contribution < -0.4 is 5.32 Å². The van der Waals surface area contributed by atoms with Gasteiger partial charge in [-0.25, -0.2) is 4.79 Å². The summed E-state index contributed by atoms with van der Waals surface area (Å²) in [6.45, 7) is 1.88. The van der Waals surface area contributed by atoms with E-state index in [9.17, 15) is 14.4 Å². The molecule has 1 unspecified atom stereocenters. The number of likely N-dealkylation sites (N-methyl/N-ethyl adjacent to an activating group) is 2. The zero-order chi connectivity index (χ0) is 16.2. The second-order valence-electron chi connectivity index (χ2n) is 4.42. The zero-order valence-corrected chi connectivity index (χ0v) is 14.4. The molecular formula is C14H17IN2O4. The van der Waals surface area contributed by atoms with Gasteiger partial charge in [-0.1, -0.05) is 0 Å². The van der Waals surface area contributed by atoms with Gasteiger partial charge in [0.2, 0.25) is 6.04 Å². The highest BCUT2D eigenvalue weighted by atomic mass is 127. The molecule has 2 amide bonds. The van der Waals surface area contributed by atoms with Crippen LogP contribution in [0.15, 0.2) is 18.2 Å². The van der Waals surface area contributed by atoms with Crippen LogP contribution in [0.5, 0.6) is 0 Å². The quantitative estimate of drug-likeness (QED) is 0.461. The molecule has 1 rings (SSSR count). The molecule has 21 heavy (non-hydrogen) atoms. The Bertz CT molecular complexity index is 558. The summed E-state index contributed by atoms with van der Waals surface area (Å²) in [7, 11) is 3.96. The first-order chi connectivity index (χ1) is 9.83. The van der Waals surface area contributed by atoms with E-state index in [1.807, 2.05) is 13.0 Å². The number of nitrogens with zero attached hydrogens (tertiary/aromatic N) is 1. The number of hydrogen-bond donors (Lipinski definition) is 1. The predicted molar refractivity (Wildman–Crippen MR) is 85.9 cm³/mol. The van der Waals surface area contributed by atoms with Gasteiger partial charge >= 0.3 is 5.97 Å². The number of carbonyl (C=O) groups is 3. The molecule has 0 aromatic heterocycles. The molecule has 1 aromatic carbocycles. The van der Waals surface area contributed by atoms with Crippen molar-refractivity contribution in [2.24, 2.45) is 0 Å². The average Bonchev–Trinajstić information content (AvgIpc) is 2.48. The van der Waals surface area contributed by atoms with E-state index < -0.39 is 23.8 Å². The Kier molecular flexibility index (Phi) is 6.13. The Morgan fingerprint density at radius 2 is 1.95 bits per heavy atom. The fraction of sp³-hybridized carbons (Fsp3) is 0.357. The first-order valence-electron chi connectivity index (χ1n) is 6.16. The van der Waals surface area contributed by atoms with E-state index in [1.165, 1.54) is 21.2 Å². The smallest absolute Gasteiger partial charge is 0.338 e. The standard InChI is InChI=1S/C14H17IN2O4/c1-8-7-9(5-6-10(8)15)13(19)17(3)11(12(18)16-2)14(20)21-4/h5-7,11H,1-4H3,(H,16,18). The summed E-state index contributed by atoms with van der Waals surface area (Å²) in [5, 5.41) is 2.35. The van der Waals surface area contributed by atoms with Gasteiger partial charge in [0, 0.05) is 23.2 Å². The van der Waals surface area contributed by atoms with Crippen LogP contribution in [-0.4, -0.2) is 49.9 Å². The molecule has 0 aliphatic heterocycles. The first-order valence-corrected chi connectivity index (χ1v) is 7.24. The van der Waals surface area contributed by atoms with Crippen molar-refractivity contribution in [3.8, 4) is 0 Å². The Hall–Kier alpha value is -1.64. The lowest BCUT2D eigenvalue weighted by atomic mass is 10.1. The van der Waals surface area contributed by atoms with Gasteiger partial charge in [0.1, 0.15) is 0 Å². The number of benzene rings is 1. The minimum Gasteiger partial charge on any atom is -0.467 e. The number of rotatable bonds is 4. The monoisotopic (exact) mass is 404 g/mol. The molecule has 0 heterocycles. The minimum absolute atomic E-state index is 0.410. The number of ether oxygens (including phenoxy) is 1. The molecule has 0 saturated heterocycles. The highest BCUT2D eigenvalue weighted by Crippen LogP contribution is 2.15. The van der Waals surface area contributed by atoms with Gasteiger partial charge in [-0.2, -0.15) is 0 Å². The zero-order valence-electron chi connectivity index (χ0n) is 12.3. The van der Waals surface area contributed by atoms with Crippen molar-refractivity contribution in [1.29, 1.82) is 0 Å². The van der Waals surface area contributed by atoms with Crippen LogP contribution in [0.1, 0.15) is 15.9 Å². The van der Waals surface area contributed by atoms with Crippen molar-refractivity contribution >= 4 is 40.4 Å². The second kappa shape index (κ2) is 7.39. The van der Waals surface area contributed by atoms with Crippen molar-refractivity contribution in [1.82, 2.24) is 10.2 Å². The summed E-state index contributed by atoms with van der Waals surface area (Å²) in [4.78, 5) is 37.0. The molecular weight excluding hydrogens is 387 g/mol. The normalized spacial score (nSPS) is 11.5. The lowest BCUT2D eigenvalue weighted by molar-refractivity contribution is -0.150. The van der Waals surface area contributed by atoms with Crippen molar-refractivity contribution in [3.05, 3.63) is 32.9 Å². The predicted octanol–water partition coefficient (Wildman–Crippen LogP) is 0.959. The molecule has 0 aliphatic carbocycles. The maximum absolute atomic E-state index is 12.4. The number of esters is 1. The Morgan fingerprint density at radius 3 is 2.43 bits per heavy atom. The van der Waals surface area contributed by atoms with E-state index in [4.69, 9.17) is 0 Å². The maximum Gasteiger partial charge on any atom is 0.338 e. The summed E-state index contributed by atoms with van der Waals surface area (Å²) < 4.78 is 5.62. The van der Waals surface area contributed by atoms with Crippen LogP contribution in [0.4, 0.5) is 0 Å². The number of halogens is 1. The van der Waals surface area contributed by atoms with Gasteiger partial charge in [0.15, 0.2) is 0 Å². The fourth-order valence-electron chi connectivity index (χ4n) is 1.79. The maximum atomic E-state index is 12.4. The summed E-state index contributed by atoms with van der Waals surface area (Å²) in [5.41, 5.74) is 1.36. The molecule has 7 heteroatoms. The van der Waals surface area contributed by atoms with Gasteiger partial charge in [0.25, 0.3) is 11.8 Å². The molecule has 1 atom stereocenters. The van der Waals surface area contributed by atoms with E-state index in [2.05, 4.69) is 32.6 Å². The lowest BCUT2D eigenvalue weighted by Gasteiger charge is -2.24. The number of aryl methyl sites for hydroxylation is 1. The fourth-order valence-corrected chi connectivity index (χ4v) is 2.12. The summed E-state index contributed by atoms with van der Waals surface area (Å²) in [6, 6.07) is 3.88. The number of amides is 2. The number of hydrogen-bond acceptors (Lipinski definition) is 4. The number of methoxy groups -OCH3 is 1. The highest BCUT2D eigenvalue weighted by molar-refractivity contribution is 14.1. The number of carbonyl (C=O) groups excluding carboxylic acids is 3. The largest absolute Gasteiger partial charge is 0.467 e. The second-order valence-corrected chi connectivity index (χ2v) is 5.58. The third-order valence-corrected chi connectivity index (χ3v) is 4.24. The first kappa shape index (κ1) is 17.4. The van der Waals surface area contributed by atoms with Crippen LogP contribution >= 0.6 is 22.6 Å². The Labute approximate surface area is 137 Å². The van der Waals surface area contributed by atoms with Crippen LogP contribution in [0.25, 0.3) is 0 Å². The van der Waals surface area contributed by atoms with Gasteiger partial charge < -0.3 is 15.0 Å². The van der Waals surface area contributed by atoms with Gasteiger partial charge in [-0.15, -0.1) is 0 Å². The van der Waals surface area contributed by atoms with Crippen LogP contribution in [0, 0.1) is 10.5 Å². The Balaban J connectivity index is 3.10. The topological polar surface area (TPSA) is 75.7 Å². The molecule has 0 spiro atoms. The van der Waals surface area contributed by atoms with Gasteiger partial charge in [-0.3, -0.25) is 9.59 Å². The molecule has 0 saturated carbocycles. The average molecular weight is 404 g/mol. The number of nitrogens with one attached hydrogen (secondary N) is 1. The van der Waals surface area contributed by atoms with Gasteiger partial charge in [0.05, 0.1) is 7.11 Å². The SMILES string of the molecule is CNC(=O)C(C(=O)OC)N(C)C(=O)c1ccc(I)c(C)c1. The summed E-state index contributed by atoms with van der Waals surface area (Å²) in [6.07, 6.45) is 0. The van der Waals surface area contributed by atoms with E-state index >= 15 is 0 Å². The van der Waals surface area contributed by atoms with Crippen molar-refractivity contribution in [2.75, 3.05) is 21.2 Å². The van der Waals surface area contributed by atoms with Crippen LogP contribution in [0.2, 0.25) is 0 Å². The van der Waals surface area contributed by atoms with E-state index in [0.29, 0.717) is 5.56 Å².